The van der Waals surface area contributed by atoms with E-state index in [4.69, 9.17) is 4.74 Å². The summed E-state index contributed by atoms with van der Waals surface area (Å²) in [6, 6.07) is -0.252. The Balaban J connectivity index is 1.92. The number of aromatic nitrogens is 2. The molecule has 1 N–H and O–H groups in total. The molecule has 6 nitrogen and oxygen atoms in total. The van der Waals surface area contributed by atoms with Crippen LogP contribution in [-0.2, 0) is 11.2 Å². The highest BCUT2D eigenvalue weighted by atomic mass is 19.1. The Morgan fingerprint density at radius 1 is 1.46 bits per heavy atom. The van der Waals surface area contributed by atoms with Gasteiger partial charge in [0.05, 0.1) is 18.4 Å². The van der Waals surface area contributed by atoms with Crippen molar-refractivity contribution in [3.8, 4) is 0 Å². The molecule has 2 aliphatic rings. The first kappa shape index (κ1) is 17.1. The van der Waals surface area contributed by atoms with Gasteiger partial charge in [0.25, 0.3) is 0 Å². The van der Waals surface area contributed by atoms with E-state index in [1.54, 1.807) is 4.90 Å². The summed E-state index contributed by atoms with van der Waals surface area (Å²) in [5.74, 6) is -0.168. The number of nitrogens with one attached hydrogen (secondary N) is 1. The van der Waals surface area contributed by atoms with Gasteiger partial charge in [0, 0.05) is 36.8 Å². The number of amides is 1. The minimum Gasteiger partial charge on any atom is -0.444 e. The molecule has 1 fully saturated rings. The number of hydrogen-bond donors (Lipinski definition) is 1. The summed E-state index contributed by atoms with van der Waals surface area (Å²) in [5.41, 5.74) is 2.01. The second kappa shape index (κ2) is 6.63. The van der Waals surface area contributed by atoms with Crippen molar-refractivity contribution in [2.24, 2.45) is 0 Å². The van der Waals surface area contributed by atoms with E-state index in [2.05, 4.69) is 15.3 Å². The van der Waals surface area contributed by atoms with Gasteiger partial charge in [-0.05, 0) is 33.6 Å². The lowest BCUT2D eigenvalue weighted by Crippen LogP contribution is -2.50. The van der Waals surface area contributed by atoms with E-state index in [1.807, 2.05) is 20.8 Å². The molecule has 0 spiro atoms. The van der Waals surface area contributed by atoms with Gasteiger partial charge in [0.15, 0.2) is 0 Å². The number of halogens is 1. The Bertz CT molecular complexity index is 617. The largest absolute Gasteiger partial charge is 0.444 e. The summed E-state index contributed by atoms with van der Waals surface area (Å²) in [6.07, 6.45) is 2.70. The molecule has 1 aromatic rings. The minimum atomic E-state index is -0.554. The van der Waals surface area contributed by atoms with Gasteiger partial charge in [-0.3, -0.25) is 9.29 Å². The average Bonchev–Trinajstić information content (AvgIpc) is 2.96. The zero-order chi connectivity index (χ0) is 17.3. The molecular weight excluding hydrogens is 311 g/mol. The zero-order valence-corrected chi connectivity index (χ0v) is 14.5. The zero-order valence-electron chi connectivity index (χ0n) is 14.5. The number of carbonyl (C=O) groups is 1. The molecular formula is C17H25FN4O2. The van der Waals surface area contributed by atoms with Crippen molar-refractivity contribution in [2.45, 2.75) is 51.2 Å². The number of aryl methyl sites for hydroxylation is 1. The van der Waals surface area contributed by atoms with E-state index in [1.165, 1.54) is 6.33 Å². The lowest BCUT2D eigenvalue weighted by Gasteiger charge is -2.37. The van der Waals surface area contributed by atoms with Gasteiger partial charge in [0.1, 0.15) is 11.9 Å². The summed E-state index contributed by atoms with van der Waals surface area (Å²) < 4.78 is 19.0. The van der Waals surface area contributed by atoms with Crippen molar-refractivity contribution < 1.29 is 13.9 Å². The fourth-order valence-corrected chi connectivity index (χ4v) is 3.45. The van der Waals surface area contributed by atoms with Crippen molar-refractivity contribution in [1.29, 1.82) is 0 Å². The van der Waals surface area contributed by atoms with Gasteiger partial charge in [-0.25, -0.2) is 14.8 Å². The number of carbonyl (C=O) groups excluding carboxylic acids is 1. The quantitative estimate of drug-likeness (QED) is 0.898. The smallest absolute Gasteiger partial charge is 0.410 e. The van der Waals surface area contributed by atoms with Crippen LogP contribution in [0.1, 0.15) is 56.1 Å². The normalized spacial score (nSPS) is 23.9. The molecule has 24 heavy (non-hydrogen) atoms. The maximum atomic E-state index is 13.4. The molecule has 1 aliphatic heterocycles. The van der Waals surface area contributed by atoms with Gasteiger partial charge in [-0.1, -0.05) is 0 Å². The van der Waals surface area contributed by atoms with E-state index in [0.29, 0.717) is 19.6 Å². The molecule has 1 aromatic heterocycles. The molecule has 0 radical (unpaired) electrons. The topological polar surface area (TPSA) is 67.3 Å². The van der Waals surface area contributed by atoms with Gasteiger partial charge in [0.2, 0.25) is 0 Å². The Hall–Kier alpha value is -1.76. The molecule has 0 bridgehead atoms. The molecule has 0 aromatic carbocycles. The highest BCUT2D eigenvalue weighted by Crippen LogP contribution is 2.38. The summed E-state index contributed by atoms with van der Waals surface area (Å²) in [6.45, 7) is 6.97. The van der Waals surface area contributed by atoms with Crippen molar-refractivity contribution in [3.05, 3.63) is 23.3 Å². The van der Waals surface area contributed by atoms with Crippen molar-refractivity contribution >= 4 is 6.09 Å². The summed E-state index contributed by atoms with van der Waals surface area (Å²) in [7, 11) is 0. The van der Waals surface area contributed by atoms with Gasteiger partial charge >= 0.3 is 6.09 Å². The maximum Gasteiger partial charge on any atom is 0.410 e. The summed E-state index contributed by atoms with van der Waals surface area (Å²) in [4.78, 5) is 23.1. The van der Waals surface area contributed by atoms with E-state index < -0.39 is 12.3 Å². The Kier molecular flexibility index (Phi) is 4.71. The first-order chi connectivity index (χ1) is 11.4. The third kappa shape index (κ3) is 3.36. The van der Waals surface area contributed by atoms with Crippen LogP contribution in [0.5, 0.6) is 0 Å². The Labute approximate surface area is 141 Å². The third-order valence-electron chi connectivity index (χ3n) is 4.51. The van der Waals surface area contributed by atoms with Crippen LogP contribution in [-0.4, -0.2) is 52.9 Å². The maximum absolute atomic E-state index is 13.4. The van der Waals surface area contributed by atoms with Crippen LogP contribution in [0, 0.1) is 0 Å². The molecule has 1 saturated heterocycles. The average molecular weight is 336 g/mol. The van der Waals surface area contributed by atoms with Crippen molar-refractivity contribution in [1.82, 2.24) is 20.2 Å². The third-order valence-corrected chi connectivity index (χ3v) is 4.51. The number of nitrogens with zero attached hydrogens (tertiary/aromatic N) is 3. The fraction of sp³-hybridized carbons (Fsp3) is 0.706. The molecule has 3 rings (SSSR count). The van der Waals surface area contributed by atoms with E-state index in [-0.39, 0.29) is 18.1 Å². The number of fused-ring (bicyclic) bond motifs is 1. The number of rotatable bonds is 2. The van der Waals surface area contributed by atoms with Crippen LogP contribution < -0.4 is 5.32 Å². The molecule has 1 amide bonds. The fourth-order valence-electron chi connectivity index (χ4n) is 3.45. The van der Waals surface area contributed by atoms with Crippen LogP contribution >= 0.6 is 0 Å². The van der Waals surface area contributed by atoms with Crippen LogP contribution in [0.2, 0.25) is 0 Å². The predicted molar refractivity (Wildman–Crippen MR) is 87.6 cm³/mol. The second-order valence-corrected chi connectivity index (χ2v) is 7.40. The summed E-state index contributed by atoms with van der Waals surface area (Å²) >= 11 is 0. The number of piperazine rings is 1. The SMILES string of the molecule is CC(C)(C)OC(=O)N1CCNCC1c1ncnc2c1[C@H](CF)CC2. The van der Waals surface area contributed by atoms with Gasteiger partial charge < -0.3 is 10.1 Å². The lowest BCUT2D eigenvalue weighted by molar-refractivity contribution is 0.0112. The number of hydrogen-bond acceptors (Lipinski definition) is 5. The van der Waals surface area contributed by atoms with Crippen LogP contribution in [0.4, 0.5) is 9.18 Å². The number of ether oxygens (including phenoxy) is 1. The first-order valence-electron chi connectivity index (χ1n) is 8.50. The molecule has 2 atom stereocenters. The molecule has 2 heterocycles. The first-order valence-corrected chi connectivity index (χ1v) is 8.50. The van der Waals surface area contributed by atoms with E-state index >= 15 is 0 Å². The van der Waals surface area contributed by atoms with E-state index in [9.17, 15) is 9.18 Å². The van der Waals surface area contributed by atoms with Crippen LogP contribution in [0.3, 0.4) is 0 Å². The van der Waals surface area contributed by atoms with Crippen LogP contribution in [0.25, 0.3) is 0 Å². The van der Waals surface area contributed by atoms with Crippen molar-refractivity contribution in [2.75, 3.05) is 26.3 Å². The summed E-state index contributed by atoms with van der Waals surface area (Å²) in [5, 5.41) is 3.30. The molecule has 7 heteroatoms. The van der Waals surface area contributed by atoms with Gasteiger partial charge in [-0.15, -0.1) is 0 Å². The molecule has 0 saturated carbocycles. The monoisotopic (exact) mass is 336 g/mol. The highest BCUT2D eigenvalue weighted by Gasteiger charge is 2.37. The molecule has 132 valence electrons. The Morgan fingerprint density at radius 2 is 2.25 bits per heavy atom. The highest BCUT2D eigenvalue weighted by molar-refractivity contribution is 5.69. The van der Waals surface area contributed by atoms with Crippen molar-refractivity contribution in [3.63, 3.8) is 0 Å². The van der Waals surface area contributed by atoms with E-state index in [0.717, 1.165) is 29.8 Å². The molecule has 1 aliphatic carbocycles. The second-order valence-electron chi connectivity index (χ2n) is 7.40. The molecule has 1 unspecified atom stereocenters. The Morgan fingerprint density at radius 3 is 2.96 bits per heavy atom. The van der Waals surface area contributed by atoms with Crippen LogP contribution in [0.15, 0.2) is 6.33 Å². The number of alkyl halides is 1. The minimum absolute atomic E-state index is 0.168. The lowest BCUT2D eigenvalue weighted by atomic mass is 9.97. The van der Waals surface area contributed by atoms with Gasteiger partial charge in [-0.2, -0.15) is 0 Å². The predicted octanol–water partition coefficient (Wildman–Crippen LogP) is 2.36. The standard InChI is InChI=1S/C17H25FN4O2/c1-17(2,3)24-16(23)22-7-6-19-9-13(22)15-14-11(8-18)4-5-12(14)20-10-21-15/h10-11,13,19H,4-9H2,1-3H3/t11-,13?/m0/s1.